The van der Waals surface area contributed by atoms with Gasteiger partial charge < -0.3 is 14.8 Å². The largest absolute Gasteiger partial charge is 0.497 e. The molecule has 1 N–H and O–H groups in total. The predicted molar refractivity (Wildman–Crippen MR) is 115 cm³/mol. The van der Waals surface area contributed by atoms with Gasteiger partial charge in [0.05, 0.1) is 25.5 Å². The number of imide groups is 1. The number of ether oxygens (including phenoxy) is 2. The molecular formula is C24H19FN2O4. The minimum atomic E-state index is -0.545. The highest BCUT2D eigenvalue weighted by Gasteiger charge is 2.41. The number of carbonyl (C=O) groups is 2. The highest BCUT2D eigenvalue weighted by Crippen LogP contribution is 2.39. The maximum absolute atomic E-state index is 13.5. The maximum Gasteiger partial charge on any atom is 0.282 e. The smallest absolute Gasteiger partial charge is 0.282 e. The van der Waals surface area contributed by atoms with Crippen LogP contribution in [-0.2, 0) is 9.59 Å². The number of halogens is 1. The predicted octanol–water partition coefficient (Wildman–Crippen LogP) is 4.24. The molecule has 31 heavy (non-hydrogen) atoms. The van der Waals surface area contributed by atoms with Crippen LogP contribution in [0.3, 0.4) is 0 Å². The fourth-order valence-electron chi connectivity index (χ4n) is 3.38. The molecule has 0 fully saturated rings. The van der Waals surface area contributed by atoms with Crippen molar-refractivity contribution in [1.82, 2.24) is 0 Å². The lowest BCUT2D eigenvalue weighted by Crippen LogP contribution is -2.32. The van der Waals surface area contributed by atoms with Crippen molar-refractivity contribution in [2.75, 3.05) is 24.4 Å². The molecule has 1 aliphatic rings. The third-order valence-corrected chi connectivity index (χ3v) is 4.89. The number of nitrogens with zero attached hydrogens (tertiary/aromatic N) is 1. The normalized spacial score (nSPS) is 13.6. The van der Waals surface area contributed by atoms with E-state index in [2.05, 4.69) is 5.32 Å². The Kier molecular flexibility index (Phi) is 5.41. The molecule has 4 rings (SSSR count). The third kappa shape index (κ3) is 3.73. The molecule has 3 aromatic rings. The molecule has 0 unspecified atom stereocenters. The van der Waals surface area contributed by atoms with Crippen LogP contribution < -0.4 is 19.7 Å². The molecule has 0 saturated carbocycles. The summed E-state index contributed by atoms with van der Waals surface area (Å²) in [6, 6.07) is 19.3. The van der Waals surface area contributed by atoms with Gasteiger partial charge in [0, 0.05) is 11.8 Å². The topological polar surface area (TPSA) is 67.9 Å². The van der Waals surface area contributed by atoms with Gasteiger partial charge in [0.2, 0.25) is 0 Å². The zero-order valence-electron chi connectivity index (χ0n) is 16.9. The summed E-state index contributed by atoms with van der Waals surface area (Å²) in [4.78, 5) is 27.9. The van der Waals surface area contributed by atoms with Gasteiger partial charge >= 0.3 is 0 Å². The SMILES string of the molecule is COc1ccc(N2C(=O)C(Nc3ccccc3)=C(c3ccc(F)cc3)C2=O)c(OC)c1. The molecule has 3 aromatic carbocycles. The van der Waals surface area contributed by atoms with Crippen LogP contribution in [0, 0.1) is 5.82 Å². The lowest BCUT2D eigenvalue weighted by molar-refractivity contribution is -0.120. The molecule has 0 spiro atoms. The van der Waals surface area contributed by atoms with Gasteiger partial charge in [-0.3, -0.25) is 9.59 Å². The Morgan fingerprint density at radius 1 is 0.839 bits per heavy atom. The number of rotatable bonds is 6. The number of amides is 2. The van der Waals surface area contributed by atoms with Crippen LogP contribution >= 0.6 is 0 Å². The van der Waals surface area contributed by atoms with Crippen molar-refractivity contribution in [3.63, 3.8) is 0 Å². The lowest BCUT2D eigenvalue weighted by Gasteiger charge is -2.19. The van der Waals surface area contributed by atoms with Gasteiger partial charge in [-0.2, -0.15) is 0 Å². The number of hydrogen-bond acceptors (Lipinski definition) is 5. The van der Waals surface area contributed by atoms with Crippen LogP contribution in [0.25, 0.3) is 5.57 Å². The second-order valence-electron chi connectivity index (χ2n) is 6.73. The van der Waals surface area contributed by atoms with E-state index < -0.39 is 17.6 Å². The second kappa shape index (κ2) is 8.31. The van der Waals surface area contributed by atoms with E-state index in [-0.39, 0.29) is 17.0 Å². The van der Waals surface area contributed by atoms with Crippen LogP contribution in [-0.4, -0.2) is 26.0 Å². The average Bonchev–Trinajstić information content (AvgIpc) is 3.04. The summed E-state index contributed by atoms with van der Waals surface area (Å²) in [7, 11) is 2.96. The van der Waals surface area contributed by atoms with Crippen molar-refractivity contribution in [2.45, 2.75) is 0 Å². The quantitative estimate of drug-likeness (QED) is 0.607. The van der Waals surface area contributed by atoms with Gasteiger partial charge in [0.15, 0.2) is 0 Å². The summed E-state index contributed by atoms with van der Waals surface area (Å²) >= 11 is 0. The Hall–Kier alpha value is -4.13. The maximum atomic E-state index is 13.5. The molecule has 0 radical (unpaired) electrons. The van der Waals surface area contributed by atoms with Crippen molar-refractivity contribution in [3.05, 3.63) is 89.9 Å². The average molecular weight is 418 g/mol. The number of hydrogen-bond donors (Lipinski definition) is 1. The van der Waals surface area contributed by atoms with Crippen molar-refractivity contribution >= 4 is 28.8 Å². The fraction of sp³-hybridized carbons (Fsp3) is 0.0833. The zero-order chi connectivity index (χ0) is 22.0. The Labute approximate surface area is 178 Å². The Morgan fingerprint density at radius 2 is 1.55 bits per heavy atom. The van der Waals surface area contributed by atoms with E-state index >= 15 is 0 Å². The molecule has 0 atom stereocenters. The first-order valence-corrected chi connectivity index (χ1v) is 9.46. The van der Waals surface area contributed by atoms with Gasteiger partial charge in [-0.25, -0.2) is 9.29 Å². The van der Waals surface area contributed by atoms with Crippen molar-refractivity contribution in [2.24, 2.45) is 0 Å². The van der Waals surface area contributed by atoms with Gasteiger partial charge in [-0.15, -0.1) is 0 Å². The second-order valence-corrected chi connectivity index (χ2v) is 6.73. The monoisotopic (exact) mass is 418 g/mol. The molecule has 156 valence electrons. The van der Waals surface area contributed by atoms with Crippen LogP contribution in [0.1, 0.15) is 5.56 Å². The highest BCUT2D eigenvalue weighted by atomic mass is 19.1. The summed E-state index contributed by atoms with van der Waals surface area (Å²) in [5.41, 5.74) is 1.59. The van der Waals surface area contributed by atoms with Gasteiger partial charge in [-0.05, 0) is 42.0 Å². The number of para-hydroxylation sites is 1. The van der Waals surface area contributed by atoms with Crippen molar-refractivity contribution in [3.8, 4) is 11.5 Å². The van der Waals surface area contributed by atoms with E-state index in [0.717, 1.165) is 4.90 Å². The highest BCUT2D eigenvalue weighted by molar-refractivity contribution is 6.46. The summed E-state index contributed by atoms with van der Waals surface area (Å²) in [6.45, 7) is 0. The summed E-state index contributed by atoms with van der Waals surface area (Å²) in [5.74, 6) is -0.697. The number of anilines is 2. The van der Waals surface area contributed by atoms with Crippen LogP contribution in [0.15, 0.2) is 78.5 Å². The first-order valence-electron chi connectivity index (χ1n) is 9.46. The fourth-order valence-corrected chi connectivity index (χ4v) is 3.38. The standard InChI is InChI=1S/C24H19FN2O4/c1-30-18-12-13-19(20(14-18)31-2)27-23(28)21(15-8-10-16(25)11-9-15)22(24(27)29)26-17-6-4-3-5-7-17/h3-14,26H,1-2H3. The molecule has 0 saturated heterocycles. The third-order valence-electron chi connectivity index (χ3n) is 4.89. The molecular weight excluding hydrogens is 399 g/mol. The van der Waals surface area contributed by atoms with E-state index in [4.69, 9.17) is 9.47 Å². The van der Waals surface area contributed by atoms with Crippen LogP contribution in [0.4, 0.5) is 15.8 Å². The number of carbonyl (C=O) groups excluding carboxylic acids is 2. The number of benzene rings is 3. The van der Waals surface area contributed by atoms with E-state index in [1.54, 1.807) is 30.3 Å². The van der Waals surface area contributed by atoms with E-state index in [0.29, 0.717) is 22.7 Å². The van der Waals surface area contributed by atoms with Crippen LogP contribution in [0.2, 0.25) is 0 Å². The number of nitrogens with one attached hydrogen (secondary N) is 1. The van der Waals surface area contributed by atoms with Crippen LogP contribution in [0.5, 0.6) is 11.5 Å². The van der Waals surface area contributed by atoms with Gasteiger partial charge in [-0.1, -0.05) is 30.3 Å². The molecule has 6 nitrogen and oxygen atoms in total. The first kappa shape index (κ1) is 20.2. The summed E-state index contributed by atoms with van der Waals surface area (Å²) < 4.78 is 24.1. The first-order chi connectivity index (χ1) is 15.0. The molecule has 0 aromatic heterocycles. The molecule has 7 heteroatoms. The van der Waals surface area contributed by atoms with E-state index in [1.165, 1.54) is 38.5 Å². The van der Waals surface area contributed by atoms with Crippen molar-refractivity contribution < 1.29 is 23.5 Å². The van der Waals surface area contributed by atoms with Crippen molar-refractivity contribution in [1.29, 1.82) is 0 Å². The molecule has 1 aliphatic heterocycles. The number of methoxy groups -OCH3 is 2. The molecule has 2 amide bonds. The lowest BCUT2D eigenvalue weighted by atomic mass is 10.0. The molecule has 0 bridgehead atoms. The summed E-state index contributed by atoms with van der Waals surface area (Å²) in [6.07, 6.45) is 0. The Morgan fingerprint density at radius 3 is 2.19 bits per heavy atom. The minimum Gasteiger partial charge on any atom is -0.497 e. The van der Waals surface area contributed by atoms with E-state index in [1.807, 2.05) is 18.2 Å². The van der Waals surface area contributed by atoms with Gasteiger partial charge in [0.1, 0.15) is 23.0 Å². The molecule has 1 heterocycles. The van der Waals surface area contributed by atoms with Gasteiger partial charge in [0.25, 0.3) is 11.8 Å². The minimum absolute atomic E-state index is 0.0979. The Bertz CT molecular complexity index is 1170. The Balaban J connectivity index is 1.83. The zero-order valence-corrected chi connectivity index (χ0v) is 16.9. The summed E-state index contributed by atoms with van der Waals surface area (Å²) in [5, 5.41) is 3.05. The molecule has 0 aliphatic carbocycles. The van der Waals surface area contributed by atoms with E-state index in [9.17, 15) is 14.0 Å².